The van der Waals surface area contributed by atoms with Gasteiger partial charge in [0.05, 0.1) is 35.2 Å². The van der Waals surface area contributed by atoms with Gasteiger partial charge < -0.3 is 14.6 Å². The van der Waals surface area contributed by atoms with Crippen LogP contribution in [0.4, 0.5) is 5.69 Å². The molecule has 0 aliphatic carbocycles. The first-order chi connectivity index (χ1) is 13.4. The molecule has 0 spiro atoms. The molecule has 9 heteroatoms. The zero-order valence-electron chi connectivity index (χ0n) is 16.3. The summed E-state index contributed by atoms with van der Waals surface area (Å²) in [5.74, 6) is 0.950. The predicted molar refractivity (Wildman–Crippen MR) is 106 cm³/mol. The molecule has 8 nitrogen and oxygen atoms in total. The van der Waals surface area contributed by atoms with Gasteiger partial charge in [0.1, 0.15) is 11.3 Å². The molecule has 1 aromatic carbocycles. The van der Waals surface area contributed by atoms with E-state index in [2.05, 4.69) is 9.46 Å². The average Bonchev–Trinajstić information content (AvgIpc) is 3.01. The van der Waals surface area contributed by atoms with Crippen LogP contribution in [0.5, 0.6) is 17.4 Å². The predicted octanol–water partition coefficient (Wildman–Crippen LogP) is 3.05. The second kappa shape index (κ2) is 8.22. The van der Waals surface area contributed by atoms with E-state index in [1.165, 1.54) is 25.0 Å². The average molecular weight is 407 g/mol. The Morgan fingerprint density at radius 3 is 2.57 bits per heavy atom. The first kappa shape index (κ1) is 20.2. The molecule has 0 saturated carbocycles. The zero-order valence-corrected chi connectivity index (χ0v) is 17.1. The van der Waals surface area contributed by atoms with Gasteiger partial charge in [-0.15, -0.1) is 0 Å². The lowest BCUT2D eigenvalue weighted by molar-refractivity contribution is 0.103. The highest BCUT2D eigenvalue weighted by Gasteiger charge is 2.26. The second-order valence-electron chi connectivity index (χ2n) is 6.59. The number of carbonyl (C=O) groups excluding carboxylic acids is 1. The van der Waals surface area contributed by atoms with Gasteiger partial charge in [0.2, 0.25) is 11.7 Å². The Morgan fingerprint density at radius 1 is 1.29 bits per heavy atom. The Kier molecular flexibility index (Phi) is 5.93. The zero-order chi connectivity index (χ0) is 20.3. The molecular weight excluding hydrogens is 382 g/mol. The Balaban J connectivity index is 2.19. The summed E-state index contributed by atoms with van der Waals surface area (Å²) in [6.45, 7) is 2.08. The summed E-state index contributed by atoms with van der Waals surface area (Å²) in [7, 11) is 0.592. The number of aromatic nitrogens is 2. The van der Waals surface area contributed by atoms with Crippen molar-refractivity contribution < 1.29 is 23.6 Å². The van der Waals surface area contributed by atoms with Crippen molar-refractivity contribution in [2.75, 3.05) is 25.2 Å². The second-order valence-corrected chi connectivity index (χ2v) is 9.14. The Bertz CT molecular complexity index is 993. The fourth-order valence-corrected chi connectivity index (χ4v) is 5.40. The van der Waals surface area contributed by atoms with Crippen LogP contribution in [-0.2, 0) is 16.8 Å². The summed E-state index contributed by atoms with van der Waals surface area (Å²) in [6, 6.07) is 3.17. The summed E-state index contributed by atoms with van der Waals surface area (Å²) in [6.07, 6.45) is 4.06. The van der Waals surface area contributed by atoms with Crippen LogP contribution in [0, 0.1) is 0 Å². The summed E-state index contributed by atoms with van der Waals surface area (Å²) in [4.78, 5) is 13.1. The highest BCUT2D eigenvalue weighted by molar-refractivity contribution is 7.93. The van der Waals surface area contributed by atoms with Crippen molar-refractivity contribution >= 4 is 21.2 Å². The topological polar surface area (TPSA) is 103 Å². The first-order valence-corrected chi connectivity index (χ1v) is 11.1. The third-order valence-corrected chi connectivity index (χ3v) is 7.05. The van der Waals surface area contributed by atoms with Gasteiger partial charge in [0, 0.05) is 18.6 Å². The van der Waals surface area contributed by atoms with E-state index in [4.69, 9.17) is 9.47 Å². The number of benzene rings is 1. The lowest BCUT2D eigenvalue weighted by Gasteiger charge is -2.19. The maximum absolute atomic E-state index is 13.2. The number of carbonyl (C=O) groups is 1. The van der Waals surface area contributed by atoms with Crippen molar-refractivity contribution in [2.24, 2.45) is 11.4 Å². The summed E-state index contributed by atoms with van der Waals surface area (Å²) in [5, 5.41) is 14.0. The number of aryl methyl sites for hydroxylation is 1. The molecule has 0 atom stereocenters. The fourth-order valence-electron chi connectivity index (χ4n) is 3.20. The molecule has 1 aliphatic rings. The lowest BCUT2D eigenvalue weighted by Crippen LogP contribution is -2.16. The molecule has 3 rings (SSSR count). The Morgan fingerprint density at radius 2 is 2.00 bits per heavy atom. The molecule has 0 radical (unpaired) electrons. The molecular formula is C19H25N3O5S. The van der Waals surface area contributed by atoms with Crippen molar-refractivity contribution in [1.29, 1.82) is 0 Å². The highest BCUT2D eigenvalue weighted by atomic mass is 32.2. The third-order valence-electron chi connectivity index (χ3n) is 4.68. The van der Waals surface area contributed by atoms with Gasteiger partial charge in [-0.1, -0.05) is 6.42 Å². The summed E-state index contributed by atoms with van der Waals surface area (Å²) >= 11 is 0. The van der Waals surface area contributed by atoms with Crippen molar-refractivity contribution in [3.8, 4) is 17.4 Å². The number of hydrogen-bond donors (Lipinski definition) is 1. The van der Waals surface area contributed by atoms with Gasteiger partial charge in [0.25, 0.3) is 0 Å². The minimum atomic E-state index is -2.44. The minimum Gasteiger partial charge on any atom is -0.494 e. The number of nitrogens with zero attached hydrogens (tertiary/aromatic N) is 3. The van der Waals surface area contributed by atoms with E-state index in [9.17, 15) is 14.1 Å². The first-order valence-electron chi connectivity index (χ1n) is 9.22. The van der Waals surface area contributed by atoms with Crippen LogP contribution in [0.3, 0.4) is 0 Å². The number of rotatable bonds is 6. The molecule has 1 saturated heterocycles. The van der Waals surface area contributed by atoms with E-state index in [-0.39, 0.29) is 35.1 Å². The van der Waals surface area contributed by atoms with Gasteiger partial charge >= 0.3 is 0 Å². The molecule has 0 bridgehead atoms. The van der Waals surface area contributed by atoms with Crippen LogP contribution in [0.15, 0.2) is 22.7 Å². The van der Waals surface area contributed by atoms with Crippen LogP contribution in [0.2, 0.25) is 0 Å². The normalized spacial score (nSPS) is 15.8. The number of hydrogen-bond acceptors (Lipinski definition) is 7. The third kappa shape index (κ3) is 3.84. The van der Waals surface area contributed by atoms with Gasteiger partial charge in [-0.2, -0.15) is 9.46 Å². The van der Waals surface area contributed by atoms with Crippen LogP contribution in [0.25, 0.3) is 0 Å². The Hall–Kier alpha value is -2.55. The van der Waals surface area contributed by atoms with Gasteiger partial charge in [-0.3, -0.25) is 4.79 Å². The molecule has 2 heterocycles. The van der Waals surface area contributed by atoms with Crippen molar-refractivity contribution in [1.82, 2.24) is 9.78 Å². The van der Waals surface area contributed by atoms with E-state index >= 15 is 0 Å². The molecule has 28 heavy (non-hydrogen) atoms. The van der Waals surface area contributed by atoms with E-state index in [1.54, 1.807) is 19.1 Å². The standard InChI is InChI=1S/C19H25N3O5S/c1-4-27-18-13(17(23)14-12-20-22(2)19(14)24)8-9-15(26-3)16(18)21-28(25)10-6-5-7-11-28/h8-9,12,24H,4-7,10-11H2,1-3H3. The maximum atomic E-state index is 13.2. The molecule has 1 aromatic heterocycles. The minimum absolute atomic E-state index is 0.0569. The van der Waals surface area contributed by atoms with Crippen LogP contribution < -0.4 is 9.47 Å². The quantitative estimate of drug-likeness (QED) is 0.738. The van der Waals surface area contributed by atoms with Crippen molar-refractivity contribution in [3.05, 3.63) is 29.5 Å². The van der Waals surface area contributed by atoms with Crippen molar-refractivity contribution in [2.45, 2.75) is 26.2 Å². The van der Waals surface area contributed by atoms with Crippen LogP contribution in [0.1, 0.15) is 42.1 Å². The van der Waals surface area contributed by atoms with Gasteiger partial charge in [-0.25, -0.2) is 8.89 Å². The SMILES string of the molecule is CCOc1c(C(=O)c2cnn(C)c2O)ccc(OC)c1N=S1(=O)CCCCC1. The van der Waals surface area contributed by atoms with Crippen LogP contribution >= 0.6 is 0 Å². The number of methoxy groups -OCH3 is 1. The van der Waals surface area contributed by atoms with E-state index < -0.39 is 15.5 Å². The molecule has 1 fully saturated rings. The Labute approximate surface area is 164 Å². The number of ether oxygens (including phenoxy) is 2. The molecule has 1 N–H and O–H groups in total. The molecule has 0 amide bonds. The van der Waals surface area contributed by atoms with Crippen molar-refractivity contribution in [3.63, 3.8) is 0 Å². The summed E-state index contributed by atoms with van der Waals surface area (Å²) in [5.41, 5.74) is 0.551. The van der Waals surface area contributed by atoms with E-state index in [0.29, 0.717) is 17.3 Å². The number of ketones is 1. The van der Waals surface area contributed by atoms with Gasteiger partial charge in [-0.05, 0) is 31.9 Å². The monoisotopic (exact) mass is 407 g/mol. The smallest absolute Gasteiger partial charge is 0.220 e. The van der Waals surface area contributed by atoms with Gasteiger partial charge in [0.15, 0.2) is 11.4 Å². The largest absolute Gasteiger partial charge is 0.494 e. The molecule has 1 aliphatic heterocycles. The fraction of sp³-hybridized carbons (Fsp3) is 0.474. The molecule has 152 valence electrons. The summed E-state index contributed by atoms with van der Waals surface area (Å²) < 4.78 is 30.1. The molecule has 2 aromatic rings. The van der Waals surface area contributed by atoms with Crippen LogP contribution in [-0.4, -0.2) is 50.1 Å². The number of aromatic hydroxyl groups is 1. The lowest BCUT2D eigenvalue weighted by atomic mass is 10.0. The van der Waals surface area contributed by atoms with E-state index in [1.807, 2.05) is 0 Å². The highest BCUT2D eigenvalue weighted by Crippen LogP contribution is 2.43. The molecule has 0 unspecified atom stereocenters. The maximum Gasteiger partial charge on any atom is 0.220 e. The van der Waals surface area contributed by atoms with E-state index in [0.717, 1.165) is 19.3 Å².